The molecule has 0 aliphatic carbocycles. The molecule has 0 radical (unpaired) electrons. The molecule has 3 nitrogen and oxygen atoms in total. The number of rotatable bonds is 10. The molecular formula is C25H32F6N2O. The maximum Gasteiger partial charge on any atom is 0.433 e. The first kappa shape index (κ1) is 28.1. The minimum atomic E-state index is -4.78. The molecule has 9 heteroatoms. The number of hydrogen-bond acceptors (Lipinski definition) is 3. The van der Waals surface area contributed by atoms with E-state index in [9.17, 15) is 31.4 Å². The fourth-order valence-electron chi connectivity index (χ4n) is 4.28. The normalized spacial score (nSPS) is 13.8. The summed E-state index contributed by atoms with van der Waals surface area (Å²) in [5, 5.41) is 11.0. The Bertz CT molecular complexity index is 891. The van der Waals surface area contributed by atoms with Crippen LogP contribution in [0.1, 0.15) is 76.3 Å². The topological polar surface area (TPSA) is 36.4 Å². The number of benzene rings is 1. The number of halogens is 6. The summed E-state index contributed by atoms with van der Waals surface area (Å²) in [6, 6.07) is 6.24. The Morgan fingerprint density at radius 2 is 1.29 bits per heavy atom. The first-order valence-corrected chi connectivity index (χ1v) is 11.6. The first-order chi connectivity index (χ1) is 15.8. The van der Waals surface area contributed by atoms with Gasteiger partial charge in [0, 0.05) is 24.2 Å². The van der Waals surface area contributed by atoms with Crippen molar-refractivity contribution in [3.8, 4) is 11.3 Å². The third kappa shape index (κ3) is 6.95. The Labute approximate surface area is 196 Å². The van der Waals surface area contributed by atoms with Crippen molar-refractivity contribution >= 4 is 0 Å². The predicted molar refractivity (Wildman–Crippen MR) is 120 cm³/mol. The van der Waals surface area contributed by atoms with Crippen LogP contribution in [0.4, 0.5) is 26.3 Å². The molecule has 0 aliphatic rings. The lowest BCUT2D eigenvalue weighted by Gasteiger charge is -2.38. The fraction of sp³-hybridized carbons (Fsp3) is 0.560. The van der Waals surface area contributed by atoms with E-state index in [2.05, 4.69) is 9.88 Å². The van der Waals surface area contributed by atoms with Gasteiger partial charge in [-0.25, -0.2) is 4.98 Å². The van der Waals surface area contributed by atoms with E-state index in [1.54, 1.807) is 0 Å². The summed E-state index contributed by atoms with van der Waals surface area (Å²) in [7, 11) is 0. The van der Waals surface area contributed by atoms with Crippen molar-refractivity contribution in [2.24, 2.45) is 0 Å². The summed E-state index contributed by atoms with van der Waals surface area (Å²) in [6.45, 7) is 8.28. The molecule has 1 heterocycles. The van der Waals surface area contributed by atoms with Crippen molar-refractivity contribution in [1.82, 2.24) is 9.88 Å². The molecule has 1 aromatic carbocycles. The molecule has 34 heavy (non-hydrogen) atoms. The summed E-state index contributed by atoms with van der Waals surface area (Å²) in [5.74, 6) is 0. The van der Waals surface area contributed by atoms with Crippen molar-refractivity contribution in [2.75, 3.05) is 6.54 Å². The molecular weight excluding hydrogens is 458 g/mol. The minimum Gasteiger partial charge on any atom is -0.387 e. The van der Waals surface area contributed by atoms with Crippen LogP contribution in [0, 0.1) is 0 Å². The molecule has 1 unspecified atom stereocenters. The highest BCUT2D eigenvalue weighted by Gasteiger charge is 2.35. The lowest BCUT2D eigenvalue weighted by molar-refractivity contribution is -0.141. The molecule has 0 fully saturated rings. The molecule has 0 saturated carbocycles. The lowest BCUT2D eigenvalue weighted by atomic mass is 9.99. The van der Waals surface area contributed by atoms with Gasteiger partial charge < -0.3 is 5.11 Å². The van der Waals surface area contributed by atoms with Crippen LogP contribution in [-0.4, -0.2) is 33.6 Å². The molecule has 0 aliphatic heterocycles. The van der Waals surface area contributed by atoms with E-state index in [-0.39, 0.29) is 35.4 Å². The lowest BCUT2D eigenvalue weighted by Crippen LogP contribution is -2.44. The highest BCUT2D eigenvalue weighted by atomic mass is 19.4. The van der Waals surface area contributed by atoms with Crippen molar-refractivity contribution in [3.63, 3.8) is 0 Å². The van der Waals surface area contributed by atoms with Crippen LogP contribution in [0.15, 0.2) is 36.4 Å². The Hall–Kier alpha value is -2.13. The van der Waals surface area contributed by atoms with E-state index in [0.717, 1.165) is 56.0 Å². The Morgan fingerprint density at radius 1 is 0.794 bits per heavy atom. The number of aliphatic hydroxyl groups excluding tert-OH is 1. The van der Waals surface area contributed by atoms with E-state index >= 15 is 0 Å². The van der Waals surface area contributed by atoms with Crippen molar-refractivity contribution < 1.29 is 31.4 Å². The summed E-state index contributed by atoms with van der Waals surface area (Å²) in [4.78, 5) is 5.78. The SMILES string of the molecule is CCC(CC)N(CC(O)c1cc(-c2ccc(C(F)(F)F)cc2)nc(C(F)(F)F)c1)C(CC)CC. The zero-order valence-corrected chi connectivity index (χ0v) is 19.8. The maximum atomic E-state index is 13.6. The van der Waals surface area contributed by atoms with Gasteiger partial charge in [0.15, 0.2) is 0 Å². The standard InChI is InChI=1S/C25H32F6N2O/c1-5-19(6-2)33(20(7-3)8-4)15-22(34)17-13-21(32-23(14-17)25(29,30)31)16-9-11-18(12-10-16)24(26,27)28/h9-14,19-20,22,34H,5-8,15H2,1-4H3. The molecule has 0 spiro atoms. The zero-order chi connectivity index (χ0) is 25.7. The highest BCUT2D eigenvalue weighted by molar-refractivity contribution is 5.61. The average Bonchev–Trinajstić information content (AvgIpc) is 2.79. The number of hydrogen-bond donors (Lipinski definition) is 1. The number of pyridine rings is 1. The van der Waals surface area contributed by atoms with E-state index < -0.39 is 29.7 Å². The molecule has 1 atom stereocenters. The third-order valence-corrected chi connectivity index (χ3v) is 6.24. The predicted octanol–water partition coefficient (Wildman–Crippen LogP) is 7.50. The Morgan fingerprint density at radius 3 is 1.71 bits per heavy atom. The molecule has 190 valence electrons. The highest BCUT2D eigenvalue weighted by Crippen LogP contribution is 2.35. The smallest absolute Gasteiger partial charge is 0.387 e. The van der Waals surface area contributed by atoms with Crippen LogP contribution in [0.2, 0.25) is 0 Å². The average molecular weight is 491 g/mol. The zero-order valence-electron chi connectivity index (χ0n) is 19.8. The van der Waals surface area contributed by atoms with Crippen molar-refractivity contribution in [3.05, 3.63) is 53.2 Å². The van der Waals surface area contributed by atoms with Crippen LogP contribution >= 0.6 is 0 Å². The third-order valence-electron chi connectivity index (χ3n) is 6.24. The van der Waals surface area contributed by atoms with E-state index in [1.807, 2.05) is 27.7 Å². The van der Waals surface area contributed by atoms with Crippen molar-refractivity contribution in [2.45, 2.75) is 83.9 Å². The molecule has 0 amide bonds. The van der Waals surface area contributed by atoms with Gasteiger partial charge in [-0.15, -0.1) is 0 Å². The second-order valence-corrected chi connectivity index (χ2v) is 8.40. The molecule has 1 N–H and O–H groups in total. The van der Waals surface area contributed by atoms with Crippen molar-refractivity contribution in [1.29, 1.82) is 0 Å². The molecule has 2 rings (SSSR count). The number of alkyl halides is 6. The van der Waals surface area contributed by atoms with Gasteiger partial charge in [0.25, 0.3) is 0 Å². The number of aromatic nitrogens is 1. The van der Waals surface area contributed by atoms with Gasteiger partial charge in [0.2, 0.25) is 0 Å². The van der Waals surface area contributed by atoms with Crippen LogP contribution in [0.3, 0.4) is 0 Å². The van der Waals surface area contributed by atoms with Gasteiger partial charge in [-0.05, 0) is 55.5 Å². The van der Waals surface area contributed by atoms with Gasteiger partial charge in [-0.3, -0.25) is 4.90 Å². The van der Waals surface area contributed by atoms with E-state index in [4.69, 9.17) is 0 Å². The monoisotopic (exact) mass is 490 g/mol. The largest absolute Gasteiger partial charge is 0.433 e. The Balaban J connectivity index is 2.49. The van der Waals surface area contributed by atoms with Crippen LogP contribution in [0.5, 0.6) is 0 Å². The molecule has 0 bridgehead atoms. The molecule has 1 aromatic heterocycles. The fourth-order valence-corrected chi connectivity index (χ4v) is 4.28. The van der Waals surface area contributed by atoms with Crippen LogP contribution in [-0.2, 0) is 12.4 Å². The maximum absolute atomic E-state index is 13.6. The minimum absolute atomic E-state index is 0.0270. The van der Waals surface area contributed by atoms with Gasteiger partial charge >= 0.3 is 12.4 Å². The van der Waals surface area contributed by atoms with E-state index in [1.165, 1.54) is 6.07 Å². The molecule has 0 saturated heterocycles. The quantitative estimate of drug-likeness (QED) is 0.351. The summed E-state index contributed by atoms with van der Waals surface area (Å²) >= 11 is 0. The summed E-state index contributed by atoms with van der Waals surface area (Å²) in [6.07, 6.45) is -7.23. The van der Waals surface area contributed by atoms with Gasteiger partial charge in [0.1, 0.15) is 5.69 Å². The van der Waals surface area contributed by atoms with Crippen LogP contribution in [0.25, 0.3) is 11.3 Å². The van der Waals surface area contributed by atoms with Gasteiger partial charge in [-0.2, -0.15) is 26.3 Å². The number of aliphatic hydroxyl groups is 1. The van der Waals surface area contributed by atoms with E-state index in [0.29, 0.717) is 0 Å². The van der Waals surface area contributed by atoms with Gasteiger partial charge in [-0.1, -0.05) is 39.8 Å². The second-order valence-electron chi connectivity index (χ2n) is 8.40. The number of nitrogens with zero attached hydrogens (tertiary/aromatic N) is 2. The van der Waals surface area contributed by atoms with Gasteiger partial charge in [0.05, 0.1) is 17.4 Å². The summed E-state index contributed by atoms with van der Waals surface area (Å²) in [5.41, 5.74) is -2.12. The molecule has 2 aromatic rings. The van der Waals surface area contributed by atoms with Crippen LogP contribution < -0.4 is 0 Å². The second kappa shape index (κ2) is 11.5. The first-order valence-electron chi connectivity index (χ1n) is 11.6. The Kier molecular flexibility index (Phi) is 9.53. The summed E-state index contributed by atoms with van der Waals surface area (Å²) < 4.78 is 79.4.